The van der Waals surface area contributed by atoms with E-state index < -0.39 is 29.6 Å². The molecule has 0 heterocycles. The molecule has 0 aromatic heterocycles. The lowest BCUT2D eigenvalue weighted by Crippen LogP contribution is -2.32. The summed E-state index contributed by atoms with van der Waals surface area (Å²) in [5.74, 6) is 0. The highest BCUT2D eigenvalue weighted by Crippen LogP contribution is 2.39. The zero-order valence-electron chi connectivity index (χ0n) is 6.08. The molecule has 1 unspecified atom stereocenters. The SMILES string of the molecule is O=C(NS(=O)O)OC1(CF)CC1. The molecule has 7 heteroatoms. The number of rotatable bonds is 3. The lowest BCUT2D eigenvalue weighted by Gasteiger charge is -2.11. The Bertz CT molecular complexity index is 217. The Morgan fingerprint density at radius 3 is 2.67 bits per heavy atom. The first-order valence-corrected chi connectivity index (χ1v) is 4.35. The van der Waals surface area contributed by atoms with Gasteiger partial charge in [0.2, 0.25) is 0 Å². The largest absolute Gasteiger partial charge is 0.439 e. The van der Waals surface area contributed by atoms with Crippen LogP contribution in [0.4, 0.5) is 9.18 Å². The Kier molecular flexibility index (Phi) is 2.63. The fraction of sp³-hybridized carbons (Fsp3) is 0.800. The lowest BCUT2D eigenvalue weighted by atomic mass is 10.4. The standard InChI is InChI=1S/C5H8FNO4S/c6-3-5(1-2-5)11-4(8)7-12(9)10/h1-3H2,(H,7,8)(H,9,10). The van der Waals surface area contributed by atoms with Crippen molar-refractivity contribution in [3.8, 4) is 0 Å². The second-order valence-electron chi connectivity index (χ2n) is 2.56. The zero-order valence-corrected chi connectivity index (χ0v) is 6.90. The van der Waals surface area contributed by atoms with Gasteiger partial charge in [0.15, 0.2) is 0 Å². The van der Waals surface area contributed by atoms with Gasteiger partial charge in [-0.3, -0.25) is 4.55 Å². The van der Waals surface area contributed by atoms with Crippen LogP contribution >= 0.6 is 0 Å². The zero-order chi connectivity index (χ0) is 9.19. The molecule has 70 valence electrons. The van der Waals surface area contributed by atoms with Gasteiger partial charge in [-0.25, -0.2) is 18.1 Å². The third kappa shape index (κ3) is 2.42. The second-order valence-corrected chi connectivity index (χ2v) is 3.26. The van der Waals surface area contributed by atoms with Crippen molar-refractivity contribution in [2.45, 2.75) is 18.4 Å². The van der Waals surface area contributed by atoms with E-state index in [1.165, 1.54) is 0 Å². The smallest absolute Gasteiger partial charge is 0.421 e. The van der Waals surface area contributed by atoms with Crippen molar-refractivity contribution in [1.82, 2.24) is 4.72 Å². The van der Waals surface area contributed by atoms with E-state index in [0.717, 1.165) is 0 Å². The number of carbonyl (C=O) groups excluding carboxylic acids is 1. The van der Waals surface area contributed by atoms with Crippen molar-refractivity contribution < 1.29 is 22.7 Å². The van der Waals surface area contributed by atoms with Crippen LogP contribution < -0.4 is 4.72 Å². The molecule has 0 spiro atoms. The van der Waals surface area contributed by atoms with E-state index >= 15 is 0 Å². The van der Waals surface area contributed by atoms with Crippen molar-refractivity contribution in [3.05, 3.63) is 0 Å². The second kappa shape index (κ2) is 3.36. The molecule has 0 aliphatic heterocycles. The summed E-state index contributed by atoms with van der Waals surface area (Å²) < 4.78 is 36.4. The van der Waals surface area contributed by atoms with Crippen LogP contribution in [0.2, 0.25) is 0 Å². The van der Waals surface area contributed by atoms with Crippen LogP contribution in [-0.2, 0) is 16.0 Å². The van der Waals surface area contributed by atoms with E-state index in [4.69, 9.17) is 4.55 Å². The predicted molar refractivity (Wildman–Crippen MR) is 38.3 cm³/mol. The predicted octanol–water partition coefficient (Wildman–Crippen LogP) is 0.351. The van der Waals surface area contributed by atoms with Crippen LogP contribution in [-0.4, -0.2) is 27.1 Å². The van der Waals surface area contributed by atoms with Crippen LogP contribution in [0.5, 0.6) is 0 Å². The van der Waals surface area contributed by atoms with Crippen molar-refractivity contribution in [1.29, 1.82) is 0 Å². The topological polar surface area (TPSA) is 75.6 Å². The summed E-state index contributed by atoms with van der Waals surface area (Å²) in [6.07, 6.45) is -0.129. The molecule has 0 bridgehead atoms. The number of amides is 1. The summed E-state index contributed by atoms with van der Waals surface area (Å²) in [6.45, 7) is -0.752. The maximum Gasteiger partial charge on any atom is 0.421 e. The van der Waals surface area contributed by atoms with Gasteiger partial charge in [0.25, 0.3) is 11.3 Å². The van der Waals surface area contributed by atoms with Gasteiger partial charge in [0, 0.05) is 0 Å². The molecule has 12 heavy (non-hydrogen) atoms. The van der Waals surface area contributed by atoms with Gasteiger partial charge >= 0.3 is 6.09 Å². The van der Waals surface area contributed by atoms with Crippen molar-refractivity contribution in [2.24, 2.45) is 0 Å². The molecule has 2 N–H and O–H groups in total. The number of carbonyl (C=O) groups is 1. The fourth-order valence-electron chi connectivity index (χ4n) is 0.691. The minimum atomic E-state index is -2.45. The van der Waals surface area contributed by atoms with Crippen LogP contribution in [0.15, 0.2) is 0 Å². The third-order valence-corrected chi connectivity index (χ3v) is 1.87. The average Bonchev–Trinajstić information content (AvgIpc) is 2.67. The average molecular weight is 197 g/mol. The summed E-state index contributed by atoms with van der Waals surface area (Å²) in [5.41, 5.74) is -1.02. The Morgan fingerprint density at radius 2 is 2.33 bits per heavy atom. The Morgan fingerprint density at radius 1 is 1.75 bits per heavy atom. The number of alkyl halides is 1. The van der Waals surface area contributed by atoms with E-state index in [9.17, 15) is 13.4 Å². The van der Waals surface area contributed by atoms with E-state index in [1.807, 2.05) is 0 Å². The Hall–Kier alpha value is -0.690. The maximum absolute atomic E-state index is 12.1. The first kappa shape index (κ1) is 9.40. The van der Waals surface area contributed by atoms with Crippen LogP contribution in [0.25, 0.3) is 0 Å². The summed E-state index contributed by atoms with van der Waals surface area (Å²) in [6, 6.07) is 0. The molecule has 0 radical (unpaired) electrons. The van der Waals surface area contributed by atoms with Crippen molar-refractivity contribution in [2.75, 3.05) is 6.67 Å². The number of nitrogens with one attached hydrogen (secondary N) is 1. The number of hydrogen-bond acceptors (Lipinski definition) is 3. The van der Waals surface area contributed by atoms with E-state index in [-0.39, 0.29) is 0 Å². The summed E-state index contributed by atoms with van der Waals surface area (Å²) >= 11 is -2.45. The highest BCUT2D eigenvalue weighted by Gasteiger charge is 2.47. The van der Waals surface area contributed by atoms with E-state index in [0.29, 0.717) is 12.8 Å². The molecule has 1 aliphatic carbocycles. The summed E-state index contributed by atoms with van der Waals surface area (Å²) in [5, 5.41) is 0. The molecule has 1 saturated carbocycles. The molecule has 5 nitrogen and oxygen atoms in total. The van der Waals surface area contributed by atoms with Crippen LogP contribution in [0, 0.1) is 0 Å². The molecule has 1 atom stereocenters. The van der Waals surface area contributed by atoms with Crippen molar-refractivity contribution >= 4 is 17.4 Å². The lowest BCUT2D eigenvalue weighted by molar-refractivity contribution is 0.0696. The number of ether oxygens (including phenoxy) is 1. The molecule has 0 aromatic rings. The number of hydrogen-bond donors (Lipinski definition) is 2. The van der Waals surface area contributed by atoms with E-state index in [2.05, 4.69) is 4.74 Å². The molecular weight excluding hydrogens is 189 g/mol. The third-order valence-electron chi connectivity index (χ3n) is 1.53. The minimum Gasteiger partial charge on any atom is -0.439 e. The first-order valence-electron chi connectivity index (χ1n) is 3.24. The van der Waals surface area contributed by atoms with Gasteiger partial charge in [-0.2, -0.15) is 0 Å². The van der Waals surface area contributed by atoms with Crippen LogP contribution in [0.1, 0.15) is 12.8 Å². The summed E-state index contributed by atoms with van der Waals surface area (Å²) in [7, 11) is 0. The highest BCUT2D eigenvalue weighted by atomic mass is 32.2. The number of halogens is 1. The molecule has 1 fully saturated rings. The highest BCUT2D eigenvalue weighted by molar-refractivity contribution is 7.77. The Labute approximate surface area is 70.7 Å². The normalized spacial score (nSPS) is 21.2. The molecule has 1 aliphatic rings. The molecule has 1 rings (SSSR count). The van der Waals surface area contributed by atoms with Gasteiger partial charge in [-0.1, -0.05) is 0 Å². The van der Waals surface area contributed by atoms with Gasteiger partial charge in [-0.05, 0) is 12.8 Å². The quantitative estimate of drug-likeness (QED) is 0.640. The van der Waals surface area contributed by atoms with Crippen molar-refractivity contribution in [3.63, 3.8) is 0 Å². The minimum absolute atomic E-state index is 0.467. The molecule has 0 aromatic carbocycles. The maximum atomic E-state index is 12.1. The Balaban J connectivity index is 2.31. The molecule has 1 amide bonds. The summed E-state index contributed by atoms with van der Waals surface area (Å²) in [4.78, 5) is 10.6. The van der Waals surface area contributed by atoms with Gasteiger partial charge in [0.1, 0.15) is 12.3 Å². The van der Waals surface area contributed by atoms with Gasteiger partial charge in [0.05, 0.1) is 0 Å². The fourth-order valence-corrected chi connectivity index (χ4v) is 0.875. The monoisotopic (exact) mass is 197 g/mol. The van der Waals surface area contributed by atoms with Gasteiger partial charge < -0.3 is 4.74 Å². The first-order chi connectivity index (χ1) is 5.58. The van der Waals surface area contributed by atoms with Crippen LogP contribution in [0.3, 0.4) is 0 Å². The molecular formula is C5H8FNO4S. The van der Waals surface area contributed by atoms with Gasteiger partial charge in [-0.15, -0.1) is 0 Å². The molecule has 0 saturated heterocycles. The van der Waals surface area contributed by atoms with E-state index in [1.54, 1.807) is 4.72 Å².